The summed E-state index contributed by atoms with van der Waals surface area (Å²) >= 11 is 0. The molecule has 0 aliphatic carbocycles. The van der Waals surface area contributed by atoms with E-state index in [9.17, 15) is 0 Å². The Morgan fingerprint density at radius 1 is 0.633 bits per heavy atom. The SMILES string of the molecule is CC12C=CC3(O1)c1c(c4c5c(c12)OCC[Si](C)(C)C51C=CC4(C)O1)OCC[Si]3(C)C. The van der Waals surface area contributed by atoms with E-state index in [1.807, 2.05) is 0 Å². The number of benzene rings is 1. The number of rotatable bonds is 0. The van der Waals surface area contributed by atoms with Crippen LogP contribution in [0.3, 0.4) is 0 Å². The van der Waals surface area contributed by atoms with Gasteiger partial charge in [-0.15, -0.1) is 0 Å². The largest absolute Gasteiger partial charge is 0.493 e. The molecule has 0 aromatic heterocycles. The van der Waals surface area contributed by atoms with Crippen molar-refractivity contribution >= 4 is 16.1 Å². The zero-order chi connectivity index (χ0) is 20.9. The Hall–Kier alpha value is -1.35. The maximum absolute atomic E-state index is 7.03. The zero-order valence-corrected chi connectivity index (χ0v) is 20.8. The third-order valence-corrected chi connectivity index (χ3v) is 17.1. The van der Waals surface area contributed by atoms with E-state index < -0.39 is 27.3 Å². The summed E-state index contributed by atoms with van der Waals surface area (Å²) in [5.74, 6) is 2.08. The van der Waals surface area contributed by atoms with E-state index in [-0.39, 0.29) is 10.4 Å². The van der Waals surface area contributed by atoms with Crippen LogP contribution in [0.15, 0.2) is 24.3 Å². The van der Waals surface area contributed by atoms with Crippen LogP contribution in [0.5, 0.6) is 11.5 Å². The van der Waals surface area contributed by atoms with Crippen molar-refractivity contribution in [2.45, 2.75) is 73.8 Å². The van der Waals surface area contributed by atoms with Gasteiger partial charge in [0.25, 0.3) is 0 Å². The van der Waals surface area contributed by atoms with Crippen molar-refractivity contribution in [3.05, 3.63) is 46.6 Å². The highest BCUT2D eigenvalue weighted by Crippen LogP contribution is 2.71. The van der Waals surface area contributed by atoms with Gasteiger partial charge in [0.1, 0.15) is 33.1 Å². The summed E-state index contributed by atoms with van der Waals surface area (Å²) in [7, 11) is -3.64. The molecule has 0 N–H and O–H groups in total. The molecule has 6 aliphatic heterocycles. The molecular weight excluding hydrogens is 408 g/mol. The average Bonchev–Trinajstić information content (AvgIpc) is 3.31. The normalized spacial score (nSPS) is 44.2. The Labute approximate surface area is 180 Å². The summed E-state index contributed by atoms with van der Waals surface area (Å²) in [6, 6.07) is 2.15. The maximum atomic E-state index is 7.03. The molecule has 6 aliphatic rings. The molecule has 158 valence electrons. The first-order chi connectivity index (χ1) is 14.0. The molecular formula is C24H30O4Si2. The number of fused-ring (bicyclic) bond motifs is 6. The highest BCUT2D eigenvalue weighted by atomic mass is 28.3. The van der Waals surface area contributed by atoms with Crippen LogP contribution in [0.2, 0.25) is 38.3 Å². The van der Waals surface area contributed by atoms with Gasteiger partial charge in [-0.2, -0.15) is 0 Å². The fourth-order valence-electron chi connectivity index (χ4n) is 7.14. The second-order valence-corrected chi connectivity index (χ2v) is 21.7. The monoisotopic (exact) mass is 438 g/mol. The summed E-state index contributed by atoms with van der Waals surface area (Å²) in [6.07, 6.45) is 9.29. The van der Waals surface area contributed by atoms with Gasteiger partial charge in [0, 0.05) is 22.3 Å². The standard InChI is InChI=1S/C24H30O4Si2/c1-21-7-9-23(27-21)17-15(21)19-18-16(20(17)26-12-13-29(23,3)4)22(2)8-10-24(18,28-22)30(5,6)14-11-25-19/h7-10H,11-14H2,1-6H3. The Morgan fingerprint density at radius 2 is 1.03 bits per heavy atom. The average molecular weight is 439 g/mol. The first-order valence-corrected chi connectivity index (χ1v) is 17.7. The Morgan fingerprint density at radius 3 is 1.43 bits per heavy atom. The molecule has 0 radical (unpaired) electrons. The molecule has 1 aromatic rings. The topological polar surface area (TPSA) is 36.9 Å². The number of hydrogen-bond acceptors (Lipinski definition) is 4. The zero-order valence-electron chi connectivity index (χ0n) is 18.8. The van der Waals surface area contributed by atoms with Crippen LogP contribution in [0, 0.1) is 0 Å². The maximum Gasteiger partial charge on any atom is 0.132 e. The fraction of sp³-hybridized carbons (Fsp3) is 0.583. The van der Waals surface area contributed by atoms with Gasteiger partial charge in [0.2, 0.25) is 0 Å². The quantitative estimate of drug-likeness (QED) is 0.422. The van der Waals surface area contributed by atoms with Gasteiger partial charge in [-0.05, 0) is 38.1 Å². The van der Waals surface area contributed by atoms with Gasteiger partial charge < -0.3 is 18.9 Å². The molecule has 6 heteroatoms. The van der Waals surface area contributed by atoms with Gasteiger partial charge in [0.15, 0.2) is 0 Å². The van der Waals surface area contributed by atoms with Crippen LogP contribution < -0.4 is 9.47 Å². The van der Waals surface area contributed by atoms with Gasteiger partial charge in [-0.25, -0.2) is 0 Å². The van der Waals surface area contributed by atoms with Crippen LogP contribution in [-0.2, 0) is 31.1 Å². The second-order valence-electron chi connectivity index (χ2n) is 11.7. The van der Waals surface area contributed by atoms with Crippen molar-refractivity contribution in [2.24, 2.45) is 0 Å². The van der Waals surface area contributed by atoms with E-state index >= 15 is 0 Å². The van der Waals surface area contributed by atoms with Crippen molar-refractivity contribution in [1.29, 1.82) is 0 Å². The smallest absolute Gasteiger partial charge is 0.132 e. The first-order valence-electron chi connectivity index (χ1n) is 11.3. The molecule has 4 atom stereocenters. The van der Waals surface area contributed by atoms with E-state index in [0.717, 1.165) is 36.8 Å². The predicted octanol–water partition coefficient (Wildman–Crippen LogP) is 4.99. The fourth-order valence-corrected chi connectivity index (χ4v) is 13.0. The molecule has 4 bridgehead atoms. The van der Waals surface area contributed by atoms with E-state index in [4.69, 9.17) is 18.9 Å². The highest BCUT2D eigenvalue weighted by Gasteiger charge is 2.70. The van der Waals surface area contributed by atoms with Gasteiger partial charge >= 0.3 is 0 Å². The highest BCUT2D eigenvalue weighted by molar-refractivity contribution is 6.81. The van der Waals surface area contributed by atoms with Gasteiger partial charge in [0.05, 0.1) is 29.4 Å². The van der Waals surface area contributed by atoms with Crippen LogP contribution in [0.1, 0.15) is 36.1 Å². The molecule has 7 rings (SSSR count). The van der Waals surface area contributed by atoms with E-state index in [2.05, 4.69) is 64.3 Å². The van der Waals surface area contributed by atoms with E-state index in [0.29, 0.717) is 0 Å². The molecule has 4 unspecified atom stereocenters. The second kappa shape index (κ2) is 4.70. The molecule has 0 saturated heterocycles. The molecule has 30 heavy (non-hydrogen) atoms. The van der Waals surface area contributed by atoms with Crippen molar-refractivity contribution < 1.29 is 18.9 Å². The molecule has 2 spiro atoms. The Kier molecular flexibility index (Phi) is 2.86. The minimum Gasteiger partial charge on any atom is -0.493 e. The molecule has 0 fully saturated rings. The molecule has 0 saturated carbocycles. The third kappa shape index (κ3) is 1.60. The van der Waals surface area contributed by atoms with E-state index in [1.165, 1.54) is 22.3 Å². The van der Waals surface area contributed by atoms with Gasteiger partial charge in [-0.3, -0.25) is 0 Å². The predicted molar refractivity (Wildman–Crippen MR) is 121 cm³/mol. The number of ether oxygens (including phenoxy) is 4. The number of hydrogen-bond donors (Lipinski definition) is 0. The van der Waals surface area contributed by atoms with Crippen molar-refractivity contribution in [3.8, 4) is 11.5 Å². The Balaban J connectivity index is 1.69. The summed E-state index contributed by atoms with van der Waals surface area (Å²) in [5.41, 5.74) is 4.06. The lowest BCUT2D eigenvalue weighted by atomic mass is 9.78. The first kappa shape index (κ1) is 18.2. The van der Waals surface area contributed by atoms with E-state index in [1.54, 1.807) is 0 Å². The molecule has 6 heterocycles. The minimum absolute atomic E-state index is 0.341. The van der Waals surface area contributed by atoms with Crippen LogP contribution in [0.25, 0.3) is 0 Å². The summed E-state index contributed by atoms with van der Waals surface area (Å²) < 4.78 is 27.4. The van der Waals surface area contributed by atoms with Gasteiger partial charge in [-0.1, -0.05) is 38.3 Å². The van der Waals surface area contributed by atoms with Crippen molar-refractivity contribution in [2.75, 3.05) is 13.2 Å². The van der Waals surface area contributed by atoms with Crippen LogP contribution in [0.4, 0.5) is 0 Å². The molecule has 0 amide bonds. The van der Waals surface area contributed by atoms with Crippen molar-refractivity contribution in [3.63, 3.8) is 0 Å². The third-order valence-electron chi connectivity index (χ3n) is 9.12. The Bertz CT molecular complexity index is 1030. The lowest BCUT2D eigenvalue weighted by Crippen LogP contribution is -2.50. The minimum atomic E-state index is -1.82. The lowest BCUT2D eigenvalue weighted by molar-refractivity contribution is -0.0246. The van der Waals surface area contributed by atoms with Crippen LogP contribution >= 0.6 is 0 Å². The van der Waals surface area contributed by atoms with Crippen molar-refractivity contribution in [1.82, 2.24) is 0 Å². The van der Waals surface area contributed by atoms with Crippen LogP contribution in [-0.4, -0.2) is 29.4 Å². The molecule has 1 aromatic carbocycles. The molecule has 4 nitrogen and oxygen atoms in total. The summed E-state index contributed by atoms with van der Waals surface area (Å²) in [5, 5.41) is -0.682. The summed E-state index contributed by atoms with van der Waals surface area (Å²) in [4.78, 5) is 0. The lowest BCUT2D eigenvalue weighted by Gasteiger charge is -2.39. The summed E-state index contributed by atoms with van der Waals surface area (Å²) in [6.45, 7) is 15.7.